The van der Waals surface area contributed by atoms with E-state index in [-0.39, 0.29) is 5.91 Å². The number of rotatable bonds is 10. The van der Waals surface area contributed by atoms with Gasteiger partial charge in [0.25, 0.3) is 0 Å². The summed E-state index contributed by atoms with van der Waals surface area (Å²) in [6.07, 6.45) is 8.90. The van der Waals surface area contributed by atoms with Crippen molar-refractivity contribution in [3.05, 3.63) is 101 Å². The van der Waals surface area contributed by atoms with Gasteiger partial charge in [-0.3, -0.25) is 4.79 Å². The van der Waals surface area contributed by atoms with Crippen molar-refractivity contribution in [3.8, 4) is 0 Å². The van der Waals surface area contributed by atoms with Gasteiger partial charge in [-0.15, -0.1) is 0 Å². The molecule has 0 fully saturated rings. The van der Waals surface area contributed by atoms with Crippen LogP contribution in [0.3, 0.4) is 0 Å². The molecule has 0 aliphatic carbocycles. The highest BCUT2D eigenvalue weighted by molar-refractivity contribution is 6.30. The summed E-state index contributed by atoms with van der Waals surface area (Å²) < 4.78 is 2.19. The van der Waals surface area contributed by atoms with Crippen LogP contribution in [0.1, 0.15) is 43.0 Å². The highest BCUT2D eigenvalue weighted by Crippen LogP contribution is 2.15. The number of halogens is 1. The molecular formula is C26H29ClN2O. The molecule has 156 valence electrons. The largest absolute Gasteiger partial charge is 0.345 e. The Balaban J connectivity index is 1.72. The monoisotopic (exact) mass is 420 g/mol. The van der Waals surface area contributed by atoms with Gasteiger partial charge in [-0.05, 0) is 47.9 Å². The average molecular weight is 421 g/mol. The second-order valence-corrected chi connectivity index (χ2v) is 7.90. The van der Waals surface area contributed by atoms with Gasteiger partial charge in [-0.2, -0.15) is 0 Å². The molecule has 1 aromatic heterocycles. The lowest BCUT2D eigenvalue weighted by atomic mass is 10.2. The lowest BCUT2D eigenvalue weighted by molar-refractivity contribution is -0.126. The number of hydrogen-bond donors (Lipinski definition) is 0. The van der Waals surface area contributed by atoms with Crippen LogP contribution in [0.15, 0.2) is 79.0 Å². The van der Waals surface area contributed by atoms with Crippen molar-refractivity contribution in [3.63, 3.8) is 0 Å². The van der Waals surface area contributed by atoms with E-state index in [0.717, 1.165) is 54.2 Å². The molecule has 3 nitrogen and oxygen atoms in total. The van der Waals surface area contributed by atoms with Gasteiger partial charge in [0, 0.05) is 36.1 Å². The van der Waals surface area contributed by atoms with Crippen molar-refractivity contribution in [1.82, 2.24) is 9.47 Å². The average Bonchev–Trinajstić information content (AvgIpc) is 3.18. The zero-order valence-corrected chi connectivity index (χ0v) is 18.3. The molecule has 3 rings (SSSR count). The van der Waals surface area contributed by atoms with Crippen LogP contribution in [0.4, 0.5) is 0 Å². The van der Waals surface area contributed by atoms with E-state index in [9.17, 15) is 4.79 Å². The van der Waals surface area contributed by atoms with Gasteiger partial charge in [0.2, 0.25) is 5.91 Å². The minimum atomic E-state index is 0.0467. The molecule has 0 aliphatic heterocycles. The van der Waals surface area contributed by atoms with Crippen LogP contribution in [0.2, 0.25) is 5.02 Å². The number of carbonyl (C=O) groups is 1. The molecule has 0 saturated carbocycles. The van der Waals surface area contributed by atoms with Gasteiger partial charge < -0.3 is 9.47 Å². The van der Waals surface area contributed by atoms with E-state index in [4.69, 9.17) is 11.6 Å². The molecule has 0 spiro atoms. The highest BCUT2D eigenvalue weighted by atomic mass is 35.5. The number of amides is 1. The summed E-state index contributed by atoms with van der Waals surface area (Å²) in [4.78, 5) is 14.9. The molecule has 0 saturated heterocycles. The molecular weight excluding hydrogens is 392 g/mol. The number of hydrogen-bond acceptors (Lipinski definition) is 1. The van der Waals surface area contributed by atoms with Crippen molar-refractivity contribution < 1.29 is 4.79 Å². The zero-order chi connectivity index (χ0) is 21.2. The predicted octanol–water partition coefficient (Wildman–Crippen LogP) is 6.42. The predicted molar refractivity (Wildman–Crippen MR) is 125 cm³/mol. The third-order valence-electron chi connectivity index (χ3n) is 5.08. The Hall–Kier alpha value is -2.78. The Bertz CT molecular complexity index is 962. The summed E-state index contributed by atoms with van der Waals surface area (Å²) >= 11 is 6.14. The summed E-state index contributed by atoms with van der Waals surface area (Å²) in [5.74, 6) is 0.0467. The first kappa shape index (κ1) is 21.9. The first-order valence-corrected chi connectivity index (χ1v) is 10.9. The van der Waals surface area contributed by atoms with E-state index in [1.807, 2.05) is 65.6 Å². The SMILES string of the molecule is CCCCCN(Cc1cccn1Cc1cccc(Cl)c1)C(=O)C=Cc1ccccc1. The van der Waals surface area contributed by atoms with Crippen LogP contribution in [0, 0.1) is 0 Å². The second-order valence-electron chi connectivity index (χ2n) is 7.47. The van der Waals surface area contributed by atoms with Crippen molar-refractivity contribution in [2.75, 3.05) is 6.54 Å². The lowest BCUT2D eigenvalue weighted by Gasteiger charge is -2.22. The van der Waals surface area contributed by atoms with Crippen LogP contribution >= 0.6 is 11.6 Å². The van der Waals surface area contributed by atoms with Gasteiger partial charge in [0.1, 0.15) is 0 Å². The molecule has 0 unspecified atom stereocenters. The van der Waals surface area contributed by atoms with E-state index >= 15 is 0 Å². The first-order valence-electron chi connectivity index (χ1n) is 10.6. The van der Waals surface area contributed by atoms with E-state index in [2.05, 4.69) is 29.8 Å². The third kappa shape index (κ3) is 6.64. The maximum Gasteiger partial charge on any atom is 0.246 e. The van der Waals surface area contributed by atoms with Crippen LogP contribution in [-0.4, -0.2) is 21.9 Å². The van der Waals surface area contributed by atoms with E-state index in [1.165, 1.54) is 0 Å². The fourth-order valence-corrected chi connectivity index (χ4v) is 3.64. The van der Waals surface area contributed by atoms with Gasteiger partial charge in [-0.1, -0.05) is 73.8 Å². The summed E-state index contributed by atoms with van der Waals surface area (Å²) in [5.41, 5.74) is 3.30. The Morgan fingerprint density at radius 3 is 2.63 bits per heavy atom. The number of carbonyl (C=O) groups excluding carboxylic acids is 1. The minimum absolute atomic E-state index is 0.0467. The normalized spacial score (nSPS) is 11.1. The molecule has 3 aromatic rings. The van der Waals surface area contributed by atoms with E-state index in [1.54, 1.807) is 6.08 Å². The number of aromatic nitrogens is 1. The highest BCUT2D eigenvalue weighted by Gasteiger charge is 2.13. The van der Waals surface area contributed by atoms with Gasteiger partial charge in [-0.25, -0.2) is 0 Å². The fraction of sp³-hybridized carbons (Fsp3) is 0.269. The molecule has 0 aliphatic rings. The number of benzene rings is 2. The van der Waals surface area contributed by atoms with Crippen molar-refractivity contribution in [2.45, 2.75) is 39.3 Å². The van der Waals surface area contributed by atoms with Crippen molar-refractivity contribution in [2.24, 2.45) is 0 Å². The molecule has 1 heterocycles. The maximum absolute atomic E-state index is 13.0. The Labute approximate surface area is 184 Å². The lowest BCUT2D eigenvalue weighted by Crippen LogP contribution is -2.31. The molecule has 1 amide bonds. The minimum Gasteiger partial charge on any atom is -0.345 e. The van der Waals surface area contributed by atoms with Crippen molar-refractivity contribution in [1.29, 1.82) is 0 Å². The summed E-state index contributed by atoms with van der Waals surface area (Å²) in [6.45, 7) is 4.26. The molecule has 0 N–H and O–H groups in total. The van der Waals surface area contributed by atoms with Gasteiger partial charge in [0.15, 0.2) is 0 Å². The number of nitrogens with zero attached hydrogens (tertiary/aromatic N) is 2. The summed E-state index contributed by atoms with van der Waals surface area (Å²) in [6, 6.07) is 22.0. The zero-order valence-electron chi connectivity index (χ0n) is 17.5. The van der Waals surface area contributed by atoms with Crippen LogP contribution < -0.4 is 0 Å². The van der Waals surface area contributed by atoms with Gasteiger partial charge in [0.05, 0.1) is 6.54 Å². The summed E-state index contributed by atoms with van der Waals surface area (Å²) in [7, 11) is 0. The Morgan fingerprint density at radius 1 is 1.03 bits per heavy atom. The van der Waals surface area contributed by atoms with Gasteiger partial charge >= 0.3 is 0 Å². The Morgan fingerprint density at radius 2 is 1.87 bits per heavy atom. The van der Waals surface area contributed by atoms with Crippen molar-refractivity contribution >= 4 is 23.6 Å². The maximum atomic E-state index is 13.0. The number of unbranched alkanes of at least 4 members (excludes halogenated alkanes) is 2. The third-order valence-corrected chi connectivity index (χ3v) is 5.31. The molecule has 4 heteroatoms. The topological polar surface area (TPSA) is 25.2 Å². The summed E-state index contributed by atoms with van der Waals surface area (Å²) in [5, 5.41) is 0.739. The molecule has 0 atom stereocenters. The fourth-order valence-electron chi connectivity index (χ4n) is 3.43. The standard InChI is InChI=1S/C26H29ClN2O/c1-2-3-7-17-29(26(30)16-15-22-10-5-4-6-11-22)21-25-14-9-18-28(25)20-23-12-8-13-24(27)19-23/h4-6,8-16,18-19H,2-3,7,17,20-21H2,1H3. The first-order chi connectivity index (χ1) is 14.7. The molecule has 0 radical (unpaired) electrons. The van der Waals surface area contributed by atoms with Crippen LogP contribution in [0.25, 0.3) is 6.08 Å². The van der Waals surface area contributed by atoms with E-state index in [0.29, 0.717) is 6.54 Å². The van der Waals surface area contributed by atoms with Crippen LogP contribution in [-0.2, 0) is 17.9 Å². The molecule has 0 bridgehead atoms. The van der Waals surface area contributed by atoms with E-state index < -0.39 is 0 Å². The second kappa shape index (κ2) is 11.4. The molecule has 2 aromatic carbocycles. The van der Waals surface area contributed by atoms with Crippen LogP contribution in [0.5, 0.6) is 0 Å². The smallest absolute Gasteiger partial charge is 0.246 e. The molecule has 30 heavy (non-hydrogen) atoms. The quantitative estimate of drug-likeness (QED) is 0.274. The Kier molecular flexibility index (Phi) is 8.34.